The fraction of sp³-hybridized carbons (Fsp3) is 0.538. The molecule has 1 unspecified atom stereocenters. The lowest BCUT2D eigenvalue weighted by molar-refractivity contribution is 0.451. The molecule has 15 heavy (non-hydrogen) atoms. The van der Waals surface area contributed by atoms with Gasteiger partial charge in [0.15, 0.2) is 0 Å². The van der Waals surface area contributed by atoms with Crippen LogP contribution in [0, 0.1) is 0 Å². The van der Waals surface area contributed by atoms with Gasteiger partial charge in [-0.1, -0.05) is 31.2 Å². The Morgan fingerprint density at radius 2 is 2.13 bits per heavy atom. The van der Waals surface area contributed by atoms with E-state index in [2.05, 4.69) is 50.4 Å². The van der Waals surface area contributed by atoms with E-state index in [0.717, 1.165) is 6.42 Å². The third-order valence-electron chi connectivity index (χ3n) is 2.85. The Morgan fingerprint density at radius 3 is 2.73 bits per heavy atom. The van der Waals surface area contributed by atoms with E-state index in [1.54, 1.807) is 0 Å². The Hall–Kier alpha value is -0.470. The van der Waals surface area contributed by atoms with E-state index in [9.17, 15) is 0 Å². The van der Waals surface area contributed by atoms with Crippen LogP contribution in [0.2, 0.25) is 0 Å². The maximum atomic E-state index is 3.68. The standard InChI is InChI=1S/C13H19NS/c1-4-10-7-5-6-8-11(10)12-14-13(2,3)9-15-12/h5-8,12,14H,4,9H2,1-3H3. The minimum atomic E-state index is 0.274. The highest BCUT2D eigenvalue weighted by atomic mass is 32.2. The van der Waals surface area contributed by atoms with E-state index in [1.165, 1.54) is 16.9 Å². The summed E-state index contributed by atoms with van der Waals surface area (Å²) in [5.74, 6) is 1.19. The minimum absolute atomic E-state index is 0.274. The van der Waals surface area contributed by atoms with E-state index < -0.39 is 0 Å². The van der Waals surface area contributed by atoms with Gasteiger partial charge in [-0.2, -0.15) is 0 Å². The van der Waals surface area contributed by atoms with Gasteiger partial charge in [-0.05, 0) is 31.4 Å². The summed E-state index contributed by atoms with van der Waals surface area (Å²) in [4.78, 5) is 0. The fourth-order valence-corrected chi connectivity index (χ4v) is 3.49. The molecule has 0 radical (unpaired) electrons. The number of nitrogens with one attached hydrogen (secondary N) is 1. The van der Waals surface area contributed by atoms with Gasteiger partial charge >= 0.3 is 0 Å². The normalized spacial score (nSPS) is 24.3. The lowest BCUT2D eigenvalue weighted by Gasteiger charge is -2.20. The summed E-state index contributed by atoms with van der Waals surface area (Å²) in [6.07, 6.45) is 1.12. The van der Waals surface area contributed by atoms with Crippen molar-refractivity contribution < 1.29 is 0 Å². The van der Waals surface area contributed by atoms with Crippen LogP contribution in [0.25, 0.3) is 0 Å². The molecule has 1 saturated heterocycles. The van der Waals surface area contributed by atoms with Crippen molar-refractivity contribution in [1.29, 1.82) is 0 Å². The third-order valence-corrected chi connectivity index (χ3v) is 4.44. The lowest BCUT2D eigenvalue weighted by atomic mass is 10.0. The van der Waals surface area contributed by atoms with Crippen molar-refractivity contribution in [1.82, 2.24) is 5.32 Å². The molecule has 1 fully saturated rings. The number of hydrogen-bond acceptors (Lipinski definition) is 2. The second-order valence-corrected chi connectivity index (χ2v) is 5.87. The highest BCUT2D eigenvalue weighted by Crippen LogP contribution is 2.38. The Kier molecular flexibility index (Phi) is 3.08. The second-order valence-electron chi connectivity index (χ2n) is 4.77. The predicted octanol–water partition coefficient (Wildman–Crippen LogP) is 3.36. The molecular formula is C13H19NS. The van der Waals surface area contributed by atoms with Crippen LogP contribution in [-0.4, -0.2) is 11.3 Å². The lowest BCUT2D eigenvalue weighted by Crippen LogP contribution is -2.36. The summed E-state index contributed by atoms with van der Waals surface area (Å²) in [6, 6.07) is 8.77. The van der Waals surface area contributed by atoms with Crippen molar-refractivity contribution in [2.45, 2.75) is 38.1 Å². The number of aryl methyl sites for hydroxylation is 1. The Morgan fingerprint density at radius 1 is 1.40 bits per heavy atom. The molecule has 1 heterocycles. The van der Waals surface area contributed by atoms with Gasteiger partial charge in [-0.15, -0.1) is 11.8 Å². The molecule has 1 aromatic carbocycles. The van der Waals surface area contributed by atoms with E-state index in [-0.39, 0.29) is 5.54 Å². The molecule has 1 N–H and O–H groups in total. The van der Waals surface area contributed by atoms with Gasteiger partial charge in [0, 0.05) is 11.3 Å². The van der Waals surface area contributed by atoms with E-state index in [4.69, 9.17) is 0 Å². The van der Waals surface area contributed by atoms with Gasteiger partial charge in [0.2, 0.25) is 0 Å². The summed E-state index contributed by atoms with van der Waals surface area (Å²) in [6.45, 7) is 6.77. The molecule has 0 saturated carbocycles. The quantitative estimate of drug-likeness (QED) is 0.822. The number of hydrogen-bond donors (Lipinski definition) is 1. The van der Waals surface area contributed by atoms with E-state index in [1.807, 2.05) is 11.8 Å². The highest BCUT2D eigenvalue weighted by Gasteiger charge is 2.31. The summed E-state index contributed by atoms with van der Waals surface area (Å²) in [5.41, 5.74) is 3.21. The number of benzene rings is 1. The van der Waals surface area contributed by atoms with Gasteiger partial charge in [0.25, 0.3) is 0 Å². The van der Waals surface area contributed by atoms with Crippen LogP contribution in [0.5, 0.6) is 0 Å². The fourth-order valence-electron chi connectivity index (χ4n) is 2.01. The van der Waals surface area contributed by atoms with Crippen molar-refractivity contribution in [3.05, 3.63) is 35.4 Å². The van der Waals surface area contributed by atoms with Gasteiger partial charge < -0.3 is 0 Å². The molecule has 1 aromatic rings. The van der Waals surface area contributed by atoms with Crippen LogP contribution in [0.3, 0.4) is 0 Å². The number of rotatable bonds is 2. The first-order valence-electron chi connectivity index (χ1n) is 5.59. The van der Waals surface area contributed by atoms with Gasteiger partial charge in [0.1, 0.15) is 0 Å². The molecule has 1 aliphatic rings. The molecule has 2 rings (SSSR count). The molecule has 0 aliphatic carbocycles. The number of thioether (sulfide) groups is 1. The maximum Gasteiger partial charge on any atom is 0.0797 e. The Labute approximate surface area is 96.7 Å². The van der Waals surface area contributed by atoms with Crippen molar-refractivity contribution in [2.75, 3.05) is 5.75 Å². The molecule has 1 nitrogen and oxygen atoms in total. The second kappa shape index (κ2) is 4.18. The molecule has 0 aromatic heterocycles. The van der Waals surface area contributed by atoms with E-state index in [0.29, 0.717) is 5.37 Å². The van der Waals surface area contributed by atoms with Gasteiger partial charge in [0.05, 0.1) is 5.37 Å². The SMILES string of the molecule is CCc1ccccc1C1NC(C)(C)CS1. The minimum Gasteiger partial charge on any atom is -0.296 e. The monoisotopic (exact) mass is 221 g/mol. The zero-order chi connectivity index (χ0) is 10.9. The van der Waals surface area contributed by atoms with Crippen LogP contribution in [0.15, 0.2) is 24.3 Å². The molecule has 2 heteroatoms. The third kappa shape index (κ3) is 2.37. The Bertz CT molecular complexity index is 346. The summed E-state index contributed by atoms with van der Waals surface area (Å²) in [5, 5.41) is 4.17. The first-order valence-corrected chi connectivity index (χ1v) is 6.64. The van der Waals surface area contributed by atoms with Crippen LogP contribution < -0.4 is 5.32 Å². The molecule has 0 spiro atoms. The average molecular weight is 221 g/mol. The zero-order valence-electron chi connectivity index (χ0n) is 9.71. The summed E-state index contributed by atoms with van der Waals surface area (Å²) < 4.78 is 0. The smallest absolute Gasteiger partial charge is 0.0797 e. The molecule has 0 bridgehead atoms. The van der Waals surface area contributed by atoms with Crippen molar-refractivity contribution >= 4 is 11.8 Å². The maximum absolute atomic E-state index is 3.68. The summed E-state index contributed by atoms with van der Waals surface area (Å²) >= 11 is 2.02. The Balaban J connectivity index is 2.23. The largest absolute Gasteiger partial charge is 0.296 e. The van der Waals surface area contributed by atoms with E-state index >= 15 is 0 Å². The topological polar surface area (TPSA) is 12.0 Å². The van der Waals surface area contributed by atoms with Crippen molar-refractivity contribution in [2.24, 2.45) is 0 Å². The van der Waals surface area contributed by atoms with Crippen LogP contribution >= 0.6 is 11.8 Å². The predicted molar refractivity (Wildman–Crippen MR) is 68.2 cm³/mol. The van der Waals surface area contributed by atoms with Gasteiger partial charge in [-0.3, -0.25) is 5.32 Å². The van der Waals surface area contributed by atoms with Crippen LogP contribution in [-0.2, 0) is 6.42 Å². The summed E-state index contributed by atoms with van der Waals surface area (Å²) in [7, 11) is 0. The van der Waals surface area contributed by atoms with Crippen molar-refractivity contribution in [3.8, 4) is 0 Å². The zero-order valence-corrected chi connectivity index (χ0v) is 10.5. The highest BCUT2D eigenvalue weighted by molar-refractivity contribution is 7.99. The van der Waals surface area contributed by atoms with Crippen LogP contribution in [0.1, 0.15) is 37.3 Å². The van der Waals surface area contributed by atoms with Crippen molar-refractivity contribution in [3.63, 3.8) is 0 Å². The molecule has 0 amide bonds. The first kappa shape index (κ1) is 11.0. The first-order chi connectivity index (χ1) is 7.12. The molecule has 82 valence electrons. The molecule has 1 atom stereocenters. The molecular weight excluding hydrogens is 202 g/mol. The van der Waals surface area contributed by atoms with Gasteiger partial charge in [-0.25, -0.2) is 0 Å². The molecule has 1 aliphatic heterocycles. The van der Waals surface area contributed by atoms with Crippen LogP contribution in [0.4, 0.5) is 0 Å². The average Bonchev–Trinajstić information content (AvgIpc) is 2.59.